The minimum atomic E-state index is 1.14. The summed E-state index contributed by atoms with van der Waals surface area (Å²) in [6.07, 6.45) is 6.43. The van der Waals surface area contributed by atoms with Crippen molar-refractivity contribution in [3.05, 3.63) is 12.3 Å². The molecule has 0 amide bonds. The van der Waals surface area contributed by atoms with Crippen LogP contribution in [0.2, 0.25) is 0 Å². The molecule has 0 unspecified atom stereocenters. The monoisotopic (exact) mass is 141 g/mol. The summed E-state index contributed by atoms with van der Waals surface area (Å²) in [4.78, 5) is 0. The van der Waals surface area contributed by atoms with Crippen LogP contribution in [0, 0.1) is 0 Å². The van der Waals surface area contributed by atoms with Gasteiger partial charge in [0, 0.05) is 12.7 Å². The van der Waals surface area contributed by atoms with Gasteiger partial charge in [-0.2, -0.15) is 0 Å². The summed E-state index contributed by atoms with van der Waals surface area (Å²) in [5.41, 5.74) is 1.16. The van der Waals surface area contributed by atoms with E-state index in [2.05, 4.69) is 18.8 Å². The molecule has 0 aromatic carbocycles. The van der Waals surface area contributed by atoms with Crippen molar-refractivity contribution in [2.45, 2.75) is 39.0 Å². The lowest BCUT2D eigenvalue weighted by molar-refractivity contribution is 0.651. The van der Waals surface area contributed by atoms with Crippen molar-refractivity contribution >= 4 is 0 Å². The summed E-state index contributed by atoms with van der Waals surface area (Å²) in [7, 11) is 1.93. The van der Waals surface area contributed by atoms with Crippen LogP contribution in [-0.2, 0) is 0 Å². The molecule has 0 saturated heterocycles. The van der Waals surface area contributed by atoms with Crippen LogP contribution in [0.15, 0.2) is 12.3 Å². The average Bonchev–Trinajstić information content (AvgIpc) is 1.98. The van der Waals surface area contributed by atoms with Crippen LogP contribution in [0.5, 0.6) is 0 Å². The van der Waals surface area contributed by atoms with Gasteiger partial charge in [0.15, 0.2) is 0 Å². The van der Waals surface area contributed by atoms with Gasteiger partial charge in [0.05, 0.1) is 0 Å². The number of rotatable bonds is 6. The third-order valence-corrected chi connectivity index (χ3v) is 1.69. The van der Waals surface area contributed by atoms with Crippen molar-refractivity contribution in [1.82, 2.24) is 5.32 Å². The fourth-order valence-corrected chi connectivity index (χ4v) is 0.890. The Labute approximate surface area is 64.5 Å². The molecule has 0 saturated carbocycles. The Hall–Kier alpha value is -0.460. The minimum absolute atomic E-state index is 1.14. The molecule has 0 aliphatic heterocycles. The predicted octanol–water partition coefficient (Wildman–Crippen LogP) is 2.69. The smallest absolute Gasteiger partial charge is 0.00310 e. The molecule has 0 aromatic heterocycles. The van der Waals surface area contributed by atoms with Gasteiger partial charge in [0.2, 0.25) is 0 Å². The first-order valence-corrected chi connectivity index (χ1v) is 4.16. The van der Waals surface area contributed by atoms with Gasteiger partial charge in [-0.15, -0.1) is 0 Å². The standard InChI is InChI=1S/C9H19N/c1-4-5-6-7-8-9(2)10-3/h10H,2,4-8H2,1,3H3. The fraction of sp³-hybridized carbons (Fsp3) is 0.778. The normalized spacial score (nSPS) is 9.40. The maximum atomic E-state index is 3.86. The summed E-state index contributed by atoms with van der Waals surface area (Å²) in [6, 6.07) is 0. The van der Waals surface area contributed by atoms with E-state index in [1.54, 1.807) is 0 Å². The van der Waals surface area contributed by atoms with Gasteiger partial charge >= 0.3 is 0 Å². The Bertz CT molecular complexity index is 86.7. The predicted molar refractivity (Wildman–Crippen MR) is 47.0 cm³/mol. The van der Waals surface area contributed by atoms with Gasteiger partial charge in [-0.05, 0) is 12.8 Å². The summed E-state index contributed by atoms with van der Waals surface area (Å²) in [5, 5.41) is 3.05. The molecular weight excluding hydrogens is 122 g/mol. The highest BCUT2D eigenvalue weighted by Crippen LogP contribution is 2.05. The average molecular weight is 141 g/mol. The number of unbranched alkanes of at least 4 members (excludes halogenated alkanes) is 3. The van der Waals surface area contributed by atoms with Crippen LogP contribution < -0.4 is 5.32 Å². The fourth-order valence-electron chi connectivity index (χ4n) is 0.890. The number of nitrogens with one attached hydrogen (secondary N) is 1. The molecule has 10 heavy (non-hydrogen) atoms. The van der Waals surface area contributed by atoms with Crippen LogP contribution in [-0.4, -0.2) is 7.05 Å². The second kappa shape index (κ2) is 6.66. The highest BCUT2D eigenvalue weighted by Gasteiger charge is 1.89. The maximum Gasteiger partial charge on any atom is 0.00310 e. The van der Waals surface area contributed by atoms with E-state index in [4.69, 9.17) is 0 Å². The second-order valence-corrected chi connectivity index (χ2v) is 2.66. The molecule has 0 rings (SSSR count). The summed E-state index contributed by atoms with van der Waals surface area (Å²) >= 11 is 0. The van der Waals surface area contributed by atoms with E-state index in [1.165, 1.54) is 25.7 Å². The molecule has 1 nitrogen and oxygen atoms in total. The van der Waals surface area contributed by atoms with E-state index in [0.29, 0.717) is 0 Å². The topological polar surface area (TPSA) is 12.0 Å². The van der Waals surface area contributed by atoms with Crippen LogP contribution in [0.1, 0.15) is 39.0 Å². The summed E-state index contributed by atoms with van der Waals surface area (Å²) in [6.45, 7) is 6.09. The van der Waals surface area contributed by atoms with Gasteiger partial charge in [0.1, 0.15) is 0 Å². The van der Waals surface area contributed by atoms with Crippen molar-refractivity contribution in [3.63, 3.8) is 0 Å². The Balaban J connectivity index is 2.96. The van der Waals surface area contributed by atoms with E-state index in [0.717, 1.165) is 12.1 Å². The lowest BCUT2D eigenvalue weighted by atomic mass is 10.1. The van der Waals surface area contributed by atoms with Crippen LogP contribution in [0.4, 0.5) is 0 Å². The lowest BCUT2D eigenvalue weighted by Crippen LogP contribution is -2.03. The molecule has 60 valence electrons. The molecule has 0 heterocycles. The molecular formula is C9H19N. The molecule has 0 aliphatic carbocycles. The van der Waals surface area contributed by atoms with E-state index in [9.17, 15) is 0 Å². The van der Waals surface area contributed by atoms with Crippen LogP contribution in [0.25, 0.3) is 0 Å². The number of allylic oxidation sites excluding steroid dienone is 1. The zero-order valence-electron chi connectivity index (χ0n) is 7.24. The minimum Gasteiger partial charge on any atom is -0.392 e. The number of hydrogen-bond acceptors (Lipinski definition) is 1. The zero-order valence-corrected chi connectivity index (χ0v) is 7.24. The van der Waals surface area contributed by atoms with E-state index in [1.807, 2.05) is 7.05 Å². The second-order valence-electron chi connectivity index (χ2n) is 2.66. The van der Waals surface area contributed by atoms with Gasteiger partial charge in [-0.3, -0.25) is 0 Å². The Kier molecular flexibility index (Phi) is 6.35. The van der Waals surface area contributed by atoms with Crippen LogP contribution in [0.3, 0.4) is 0 Å². The lowest BCUT2D eigenvalue weighted by Gasteiger charge is -2.02. The first kappa shape index (κ1) is 9.54. The van der Waals surface area contributed by atoms with E-state index < -0.39 is 0 Å². The first-order chi connectivity index (χ1) is 4.81. The Morgan fingerprint density at radius 3 is 2.50 bits per heavy atom. The van der Waals surface area contributed by atoms with Crippen molar-refractivity contribution in [2.24, 2.45) is 0 Å². The van der Waals surface area contributed by atoms with Gasteiger partial charge in [0.25, 0.3) is 0 Å². The third kappa shape index (κ3) is 5.67. The van der Waals surface area contributed by atoms with Crippen molar-refractivity contribution in [3.8, 4) is 0 Å². The van der Waals surface area contributed by atoms with Gasteiger partial charge in [-0.1, -0.05) is 32.8 Å². The molecule has 0 spiro atoms. The molecule has 0 aromatic rings. The Morgan fingerprint density at radius 1 is 1.30 bits per heavy atom. The largest absolute Gasteiger partial charge is 0.392 e. The van der Waals surface area contributed by atoms with Crippen molar-refractivity contribution in [2.75, 3.05) is 7.05 Å². The molecule has 1 heteroatoms. The molecule has 0 atom stereocenters. The maximum absolute atomic E-state index is 3.86. The molecule has 0 fully saturated rings. The SMILES string of the molecule is C=C(CCCCCC)NC. The number of hydrogen-bond donors (Lipinski definition) is 1. The molecule has 0 aliphatic rings. The zero-order chi connectivity index (χ0) is 7.82. The highest BCUT2D eigenvalue weighted by atomic mass is 14.8. The Morgan fingerprint density at radius 2 is 2.00 bits per heavy atom. The summed E-state index contributed by atoms with van der Waals surface area (Å²) < 4.78 is 0. The van der Waals surface area contributed by atoms with Gasteiger partial charge < -0.3 is 5.32 Å². The molecule has 0 bridgehead atoms. The van der Waals surface area contributed by atoms with Crippen molar-refractivity contribution < 1.29 is 0 Å². The molecule has 1 N–H and O–H groups in total. The summed E-state index contributed by atoms with van der Waals surface area (Å²) in [5.74, 6) is 0. The van der Waals surface area contributed by atoms with Gasteiger partial charge in [-0.25, -0.2) is 0 Å². The third-order valence-electron chi connectivity index (χ3n) is 1.69. The van der Waals surface area contributed by atoms with Crippen molar-refractivity contribution in [1.29, 1.82) is 0 Å². The first-order valence-electron chi connectivity index (χ1n) is 4.16. The highest BCUT2D eigenvalue weighted by molar-refractivity contribution is 4.88. The van der Waals surface area contributed by atoms with Crippen LogP contribution >= 0.6 is 0 Å². The van der Waals surface area contributed by atoms with E-state index >= 15 is 0 Å². The molecule has 0 radical (unpaired) electrons. The quantitative estimate of drug-likeness (QED) is 0.561. The van der Waals surface area contributed by atoms with E-state index in [-0.39, 0.29) is 0 Å².